The van der Waals surface area contributed by atoms with Gasteiger partial charge >= 0.3 is 0 Å². The van der Waals surface area contributed by atoms with E-state index in [2.05, 4.69) is 69.0 Å². The first-order valence-electron chi connectivity index (χ1n) is 23.7. The molecule has 0 saturated carbocycles. The number of benzene rings is 4. The minimum atomic E-state index is -0.591. The molecule has 4 heterocycles. The van der Waals surface area contributed by atoms with E-state index in [1.54, 1.807) is 22.3 Å². The molecule has 16 nitrogen and oxygen atoms in total. The fourth-order valence-electron chi connectivity index (χ4n) is 10.2. The van der Waals surface area contributed by atoms with E-state index in [-0.39, 0.29) is 46.6 Å². The molecule has 4 aromatic carbocycles. The van der Waals surface area contributed by atoms with Crippen LogP contribution in [-0.2, 0) is 19.3 Å². The van der Waals surface area contributed by atoms with Gasteiger partial charge in [0.2, 0.25) is 11.8 Å². The number of hydrogen-bond donors (Lipinski definition) is 2. The van der Waals surface area contributed by atoms with Crippen molar-refractivity contribution < 1.29 is 29.1 Å². The summed E-state index contributed by atoms with van der Waals surface area (Å²) in [5, 5.41) is 34.5. The molecule has 4 fully saturated rings. The highest BCUT2D eigenvalue weighted by Crippen LogP contribution is 2.49. The molecule has 0 radical (unpaired) electrons. The normalized spacial score (nSPS) is 22.0. The number of carbonyl (C=O) groups excluding carboxylic acids is 2. The molecular formula is C51H64N8O8. The topological polar surface area (TPSA) is 176 Å². The van der Waals surface area contributed by atoms with Gasteiger partial charge in [-0.2, -0.15) is 10.1 Å². The number of piperidine rings is 1. The molecule has 67 heavy (non-hydrogen) atoms. The summed E-state index contributed by atoms with van der Waals surface area (Å²) in [6.45, 7) is 14.5. The number of nitro groups is 2. The molecule has 2 N–H and O–H groups in total. The van der Waals surface area contributed by atoms with Crippen LogP contribution in [0.1, 0.15) is 128 Å². The van der Waals surface area contributed by atoms with Crippen LogP contribution in [-0.4, -0.2) is 81.3 Å². The van der Waals surface area contributed by atoms with E-state index in [0.717, 1.165) is 50.1 Å². The zero-order valence-electron chi connectivity index (χ0n) is 39.5. The number of anilines is 4. The molecule has 356 valence electrons. The molecule has 0 aliphatic carbocycles. The van der Waals surface area contributed by atoms with Crippen LogP contribution in [0.15, 0.2) is 91.0 Å². The molecule has 2 amide bonds. The molecule has 0 bridgehead atoms. The monoisotopic (exact) mass is 916 g/mol. The fraction of sp³-hybridized carbons (Fsp3) is 0.490. The molecule has 4 atom stereocenters. The molecule has 4 aliphatic rings. The van der Waals surface area contributed by atoms with Gasteiger partial charge in [0.05, 0.1) is 33.1 Å². The number of hydroxylamine groups is 4. The van der Waals surface area contributed by atoms with Gasteiger partial charge in [0.15, 0.2) is 0 Å². The summed E-state index contributed by atoms with van der Waals surface area (Å²) in [7, 11) is 0. The molecule has 0 spiro atoms. The third-order valence-corrected chi connectivity index (χ3v) is 13.2. The summed E-state index contributed by atoms with van der Waals surface area (Å²) in [4.78, 5) is 68.5. The highest BCUT2D eigenvalue weighted by Gasteiger charge is 2.40. The summed E-state index contributed by atoms with van der Waals surface area (Å²) in [5.74, 6) is -0.232. The number of carbonyl (C=O) groups is 2. The second-order valence-electron chi connectivity index (χ2n) is 20.3. The Labute approximate surface area is 392 Å². The number of nitrogens with one attached hydrogen (secondary N) is 2. The molecule has 4 aromatic rings. The van der Waals surface area contributed by atoms with Crippen molar-refractivity contribution in [3.8, 4) is 0 Å². The Morgan fingerprint density at radius 1 is 0.567 bits per heavy atom. The van der Waals surface area contributed by atoms with Crippen molar-refractivity contribution in [2.75, 3.05) is 46.6 Å². The quantitative estimate of drug-likeness (QED) is 0.0960. The predicted molar refractivity (Wildman–Crippen MR) is 259 cm³/mol. The Bertz CT molecular complexity index is 2310. The zero-order valence-corrected chi connectivity index (χ0v) is 39.5. The van der Waals surface area contributed by atoms with E-state index in [1.807, 2.05) is 59.7 Å². The summed E-state index contributed by atoms with van der Waals surface area (Å²) < 4.78 is 0. The van der Waals surface area contributed by atoms with Gasteiger partial charge in [-0.15, -0.1) is 0 Å². The first-order valence-corrected chi connectivity index (χ1v) is 23.7. The van der Waals surface area contributed by atoms with E-state index in [1.165, 1.54) is 17.7 Å². The lowest BCUT2D eigenvalue weighted by molar-refractivity contribution is -0.384. The van der Waals surface area contributed by atoms with Crippen molar-refractivity contribution in [2.45, 2.75) is 134 Å². The molecule has 16 heteroatoms. The third kappa shape index (κ3) is 11.1. The van der Waals surface area contributed by atoms with Gasteiger partial charge in [-0.05, 0) is 152 Å². The van der Waals surface area contributed by atoms with Gasteiger partial charge in [0, 0.05) is 49.7 Å². The first-order chi connectivity index (χ1) is 31.9. The van der Waals surface area contributed by atoms with Gasteiger partial charge in [-0.25, -0.2) is 0 Å². The van der Waals surface area contributed by atoms with E-state index >= 15 is 0 Å². The summed E-state index contributed by atoms with van der Waals surface area (Å²) >= 11 is 0. The minimum absolute atomic E-state index is 0.0989. The maximum atomic E-state index is 13.6. The van der Waals surface area contributed by atoms with Gasteiger partial charge < -0.3 is 20.4 Å². The van der Waals surface area contributed by atoms with Crippen molar-refractivity contribution in [1.29, 1.82) is 0 Å². The van der Waals surface area contributed by atoms with Crippen LogP contribution < -0.4 is 20.4 Å². The molecule has 0 aromatic heterocycles. The Morgan fingerprint density at radius 3 is 1.45 bits per heavy atom. The molecule has 4 saturated heterocycles. The molecular weight excluding hydrogens is 853 g/mol. The number of nitro benzene ring substituents is 2. The van der Waals surface area contributed by atoms with Crippen LogP contribution in [0.2, 0.25) is 0 Å². The van der Waals surface area contributed by atoms with Crippen LogP contribution in [0.3, 0.4) is 0 Å². The van der Waals surface area contributed by atoms with Gasteiger partial charge in [0.1, 0.15) is 23.5 Å². The van der Waals surface area contributed by atoms with Gasteiger partial charge in [0.25, 0.3) is 11.4 Å². The van der Waals surface area contributed by atoms with Crippen LogP contribution in [0.5, 0.6) is 0 Å². The number of hydrogen-bond acceptors (Lipinski definition) is 12. The van der Waals surface area contributed by atoms with Gasteiger partial charge in [-0.1, -0.05) is 42.5 Å². The second kappa shape index (κ2) is 19.7. The second-order valence-corrected chi connectivity index (χ2v) is 20.3. The smallest absolute Gasteiger partial charge is 0.293 e. The number of nitrogens with zero attached hydrogens (tertiary/aromatic N) is 6. The van der Waals surface area contributed by atoms with Crippen molar-refractivity contribution in [3.63, 3.8) is 0 Å². The van der Waals surface area contributed by atoms with E-state index in [0.29, 0.717) is 55.8 Å². The lowest BCUT2D eigenvalue weighted by Crippen LogP contribution is -2.43. The van der Waals surface area contributed by atoms with Crippen LogP contribution in [0.4, 0.5) is 34.1 Å². The molecule has 8 rings (SSSR count). The number of amides is 2. The summed E-state index contributed by atoms with van der Waals surface area (Å²) in [6, 6.07) is 27.0. The summed E-state index contributed by atoms with van der Waals surface area (Å²) in [6.07, 6.45) is 5.90. The highest BCUT2D eigenvalue weighted by atomic mass is 16.7. The molecule has 4 aliphatic heterocycles. The van der Waals surface area contributed by atoms with Crippen LogP contribution >= 0.6 is 0 Å². The fourth-order valence-corrected chi connectivity index (χ4v) is 10.2. The Hall–Kier alpha value is -5.94. The van der Waals surface area contributed by atoms with Crippen molar-refractivity contribution in [1.82, 2.24) is 10.1 Å². The van der Waals surface area contributed by atoms with E-state index in [4.69, 9.17) is 9.68 Å². The van der Waals surface area contributed by atoms with Crippen LogP contribution in [0.25, 0.3) is 0 Å². The first kappa shape index (κ1) is 47.5. The predicted octanol–water partition coefficient (Wildman–Crippen LogP) is 10.2. The van der Waals surface area contributed by atoms with E-state index in [9.17, 15) is 29.8 Å². The average Bonchev–Trinajstić information content (AvgIpc) is 4.07. The SMILES string of the molecule is CC(C)(C)ON1CCC[C@H]1C(=O)Nc1ccc([C@H]2CC[C@H](c3ccc(NC(=O)[C@@H]4CCCN4OC(C)(C)C)c([N+](=O)[O-])c3)N2c2ccc(N3CCC(c4ccccc4)CC3)cc2)cc1[N+](=O)[O-]. The maximum Gasteiger partial charge on any atom is 0.293 e. The minimum Gasteiger partial charge on any atom is -0.371 e. The van der Waals surface area contributed by atoms with E-state index < -0.39 is 33.1 Å². The molecule has 0 unspecified atom stereocenters. The van der Waals surface area contributed by atoms with Crippen molar-refractivity contribution in [3.05, 3.63) is 128 Å². The van der Waals surface area contributed by atoms with Crippen molar-refractivity contribution >= 4 is 45.9 Å². The van der Waals surface area contributed by atoms with Crippen molar-refractivity contribution in [2.24, 2.45) is 0 Å². The Morgan fingerprint density at radius 2 is 1.01 bits per heavy atom. The Kier molecular flexibility index (Phi) is 14.0. The summed E-state index contributed by atoms with van der Waals surface area (Å²) in [5.41, 5.74) is 3.39. The lowest BCUT2D eigenvalue weighted by Gasteiger charge is -2.35. The Balaban J connectivity index is 1.08. The van der Waals surface area contributed by atoms with Crippen LogP contribution in [0, 0.1) is 20.2 Å². The zero-order chi connectivity index (χ0) is 47.6. The lowest BCUT2D eigenvalue weighted by atomic mass is 9.89. The standard InChI is InChI=1S/C51H64N8O8/c1-50(2,3)66-55-28-10-14-44(55)48(60)52-40-22-16-36(32-46(40)58(62)63)42-24-25-43(57(42)39-20-18-38(19-21-39)54-30-26-35(27-31-54)34-12-8-7-9-13-34)37-17-23-41(47(33-37)59(64)65)53-49(61)45-15-11-29-56(45)67-51(4,5)6/h7-9,12-13,16-23,32-33,35,42-45H,10-11,14-15,24-31H2,1-6H3,(H,52,60)(H,53,61)/t42-,43-,44+,45+/m1/s1. The third-order valence-electron chi connectivity index (χ3n) is 13.2. The highest BCUT2D eigenvalue weighted by molar-refractivity contribution is 5.97. The van der Waals surface area contributed by atoms with Gasteiger partial charge in [-0.3, -0.25) is 39.5 Å². The average molecular weight is 917 g/mol. The maximum absolute atomic E-state index is 13.6. The number of rotatable bonds is 13. The largest absolute Gasteiger partial charge is 0.371 e.